The van der Waals surface area contributed by atoms with Gasteiger partial charge < -0.3 is 9.68 Å². The van der Waals surface area contributed by atoms with Crippen LogP contribution in [-0.2, 0) is 20.5 Å². The van der Waals surface area contributed by atoms with E-state index in [0.717, 1.165) is 0 Å². The molecule has 2 aromatic carbocycles. The van der Waals surface area contributed by atoms with Crippen LogP contribution in [0.4, 0.5) is 0 Å². The normalized spacial score (nSPS) is 10.3. The summed E-state index contributed by atoms with van der Waals surface area (Å²) in [7, 11) is -1.46. The Hall–Kier alpha value is -2.55. The molecule has 0 radical (unpaired) electrons. The number of rotatable bonds is 4. The maximum absolute atomic E-state index is 12.4. The summed E-state index contributed by atoms with van der Waals surface area (Å²) in [4.78, 5) is 31.6. The molecule has 8 heteroatoms. The minimum atomic E-state index is -1.46. The fraction of sp³-hybridized carbons (Fsp3) is 0. The minimum absolute atomic E-state index is 0.254. The van der Waals surface area contributed by atoms with Crippen molar-refractivity contribution in [2.75, 3.05) is 0 Å². The molecule has 0 amide bonds. The molecule has 0 atom stereocenters. The third kappa shape index (κ3) is 3.37. The van der Waals surface area contributed by atoms with Gasteiger partial charge in [0.05, 0.1) is 21.9 Å². The zero-order chi connectivity index (χ0) is 16.1. The molecule has 0 aliphatic heterocycles. The van der Waals surface area contributed by atoms with Crippen molar-refractivity contribution in [2.24, 2.45) is 11.8 Å². The average Bonchev–Trinajstić information content (AvgIpc) is 2.60. The van der Waals surface area contributed by atoms with Crippen LogP contribution >= 0.6 is 0 Å². The number of nitrogens with two attached hydrogens (primary N) is 2. The molecule has 0 saturated heterocycles. The van der Waals surface area contributed by atoms with Crippen LogP contribution in [0.25, 0.3) is 0 Å². The first-order valence-electron chi connectivity index (χ1n) is 6.01. The smallest absolute Gasteiger partial charge is 0.356 e. The third-order valence-electron chi connectivity index (χ3n) is 2.82. The number of carbonyl (C=O) groups excluding carboxylic acids is 2. The Labute approximate surface area is 128 Å². The van der Waals surface area contributed by atoms with Gasteiger partial charge in [-0.1, -0.05) is 0 Å². The van der Waals surface area contributed by atoms with E-state index in [4.69, 9.17) is 11.8 Å². The van der Waals surface area contributed by atoms with Crippen molar-refractivity contribution in [1.82, 2.24) is 0 Å². The third-order valence-corrected chi connectivity index (χ3v) is 4.22. The molecule has 0 aliphatic carbocycles. The molecule has 0 saturated carbocycles. The summed E-state index contributed by atoms with van der Waals surface area (Å²) in [6, 6.07) is 12.0. The van der Waals surface area contributed by atoms with Gasteiger partial charge in [0.1, 0.15) is 0 Å². The Kier molecular flexibility index (Phi) is 4.99. The maximum atomic E-state index is 12.4. The Morgan fingerprint density at radius 3 is 1.32 bits per heavy atom. The molecule has 0 aromatic heterocycles. The Bertz CT molecular complexity index is 652. The van der Waals surface area contributed by atoms with Crippen molar-refractivity contribution >= 4 is 22.7 Å². The molecule has 0 aliphatic rings. The van der Waals surface area contributed by atoms with Crippen LogP contribution in [0.3, 0.4) is 0 Å². The van der Waals surface area contributed by atoms with E-state index in [1.807, 2.05) is 0 Å². The predicted octanol–water partition coefficient (Wildman–Crippen LogP) is 0.914. The lowest BCUT2D eigenvalue weighted by Crippen LogP contribution is -2.10. The van der Waals surface area contributed by atoms with E-state index in [0.29, 0.717) is 9.79 Å². The van der Waals surface area contributed by atoms with E-state index < -0.39 is 22.7 Å². The predicted molar refractivity (Wildman–Crippen MR) is 76.8 cm³/mol. The first kappa shape index (κ1) is 15.8. The summed E-state index contributed by atoms with van der Waals surface area (Å²) in [6.45, 7) is 0. The quantitative estimate of drug-likeness (QED) is 0.803. The van der Waals surface area contributed by atoms with Gasteiger partial charge >= 0.3 is 11.9 Å². The van der Waals surface area contributed by atoms with Crippen LogP contribution in [0.2, 0.25) is 0 Å². The van der Waals surface area contributed by atoms with Gasteiger partial charge in [0.2, 0.25) is 0 Å². The highest BCUT2D eigenvalue weighted by Gasteiger charge is 2.11. The molecule has 0 bridgehead atoms. The summed E-state index contributed by atoms with van der Waals surface area (Å²) in [5.41, 5.74) is 0.508. The van der Waals surface area contributed by atoms with Gasteiger partial charge in [0.15, 0.2) is 0 Å². The van der Waals surface area contributed by atoms with E-state index in [9.17, 15) is 13.8 Å². The minimum Gasteiger partial charge on any atom is -0.370 e. The topological polar surface area (TPSA) is 122 Å². The maximum Gasteiger partial charge on any atom is 0.356 e. The highest BCUT2D eigenvalue weighted by molar-refractivity contribution is 7.85. The monoisotopic (exact) mass is 320 g/mol. The van der Waals surface area contributed by atoms with Crippen LogP contribution in [0, 0.1) is 0 Å². The molecule has 0 fully saturated rings. The van der Waals surface area contributed by atoms with Gasteiger partial charge in [-0.25, -0.2) is 13.8 Å². The van der Waals surface area contributed by atoms with Crippen molar-refractivity contribution in [3.63, 3.8) is 0 Å². The SMILES string of the molecule is NOC(=O)c1ccc(S(=O)c2ccc(C(=O)ON)cc2)cc1. The van der Waals surface area contributed by atoms with Gasteiger partial charge in [0.25, 0.3) is 0 Å². The zero-order valence-corrected chi connectivity index (χ0v) is 12.0. The van der Waals surface area contributed by atoms with Crippen molar-refractivity contribution in [1.29, 1.82) is 0 Å². The van der Waals surface area contributed by atoms with Crippen LogP contribution < -0.4 is 11.8 Å². The van der Waals surface area contributed by atoms with E-state index in [1.54, 1.807) is 0 Å². The summed E-state index contributed by atoms with van der Waals surface area (Å²) in [5.74, 6) is 8.22. The molecule has 4 N–H and O–H groups in total. The van der Waals surface area contributed by atoms with Crippen molar-refractivity contribution < 1.29 is 23.5 Å². The second-order valence-corrected chi connectivity index (χ2v) is 5.61. The molecule has 0 spiro atoms. The molecule has 114 valence electrons. The molecule has 0 heterocycles. The number of carbonyl (C=O) groups is 2. The fourth-order valence-electron chi connectivity index (χ4n) is 1.70. The highest BCUT2D eigenvalue weighted by Crippen LogP contribution is 2.18. The standard InChI is InChI=1S/C14H12N2O5S/c15-20-13(17)9-1-5-11(6-2-9)22(19)12-7-3-10(4-8-12)14(18)21-16/h1-8H,15-16H2. The van der Waals surface area contributed by atoms with Crippen LogP contribution in [0.1, 0.15) is 20.7 Å². The summed E-state index contributed by atoms with van der Waals surface area (Å²) in [6.07, 6.45) is 0. The largest absolute Gasteiger partial charge is 0.370 e. The highest BCUT2D eigenvalue weighted by atomic mass is 32.2. The fourth-order valence-corrected chi connectivity index (χ4v) is 2.74. The molecule has 0 unspecified atom stereocenters. The summed E-state index contributed by atoms with van der Waals surface area (Å²) in [5, 5.41) is 0. The van der Waals surface area contributed by atoms with Crippen LogP contribution in [0.5, 0.6) is 0 Å². The summed E-state index contributed by atoms with van der Waals surface area (Å²) >= 11 is 0. The second kappa shape index (κ2) is 6.94. The average molecular weight is 320 g/mol. The molecule has 2 rings (SSSR count). The molecule has 2 aromatic rings. The lowest BCUT2D eigenvalue weighted by molar-refractivity contribution is 0.0495. The number of hydrogen-bond acceptors (Lipinski definition) is 7. The van der Waals surface area contributed by atoms with Gasteiger partial charge in [0, 0.05) is 9.79 Å². The molecule has 22 heavy (non-hydrogen) atoms. The first-order chi connectivity index (χ1) is 10.6. The number of hydrogen-bond donors (Lipinski definition) is 2. The van der Waals surface area contributed by atoms with Gasteiger partial charge in [-0.05, 0) is 48.5 Å². The van der Waals surface area contributed by atoms with Gasteiger partial charge in [-0.15, -0.1) is 0 Å². The van der Waals surface area contributed by atoms with Crippen molar-refractivity contribution in [3.8, 4) is 0 Å². The van der Waals surface area contributed by atoms with Crippen molar-refractivity contribution in [3.05, 3.63) is 59.7 Å². The van der Waals surface area contributed by atoms with E-state index in [1.165, 1.54) is 48.5 Å². The van der Waals surface area contributed by atoms with E-state index in [-0.39, 0.29) is 11.1 Å². The molecular weight excluding hydrogens is 308 g/mol. The van der Waals surface area contributed by atoms with E-state index in [2.05, 4.69) is 9.68 Å². The van der Waals surface area contributed by atoms with Gasteiger partial charge in [-0.2, -0.15) is 11.8 Å². The lowest BCUT2D eigenvalue weighted by atomic mass is 10.2. The van der Waals surface area contributed by atoms with Crippen LogP contribution in [0.15, 0.2) is 58.3 Å². The Balaban J connectivity index is 2.21. The Morgan fingerprint density at radius 1 is 0.727 bits per heavy atom. The molecule has 7 nitrogen and oxygen atoms in total. The van der Waals surface area contributed by atoms with Gasteiger partial charge in [-0.3, -0.25) is 0 Å². The van der Waals surface area contributed by atoms with Crippen molar-refractivity contribution in [2.45, 2.75) is 9.79 Å². The molecular formula is C14H12N2O5S. The van der Waals surface area contributed by atoms with Crippen LogP contribution in [-0.4, -0.2) is 16.1 Å². The first-order valence-corrected chi connectivity index (χ1v) is 7.16. The Morgan fingerprint density at radius 2 is 1.05 bits per heavy atom. The number of benzene rings is 2. The lowest BCUT2D eigenvalue weighted by Gasteiger charge is -2.04. The van der Waals surface area contributed by atoms with E-state index >= 15 is 0 Å². The second-order valence-electron chi connectivity index (χ2n) is 4.13. The zero-order valence-electron chi connectivity index (χ0n) is 11.2. The summed E-state index contributed by atoms with van der Waals surface area (Å²) < 4.78 is 12.4.